The molecule has 3 aliphatic rings. The number of carbonyl (C=O) groups excluding carboxylic acids is 5. The molecule has 0 aliphatic carbocycles. The van der Waals surface area contributed by atoms with Crippen LogP contribution in [0.15, 0.2) is 12.1 Å². The molecule has 176 valence electrons. The molecule has 2 N–H and O–H groups in total. The fraction of sp³-hybridized carbons (Fsp3) is 0.522. The van der Waals surface area contributed by atoms with Gasteiger partial charge in [-0.2, -0.15) is 0 Å². The van der Waals surface area contributed by atoms with E-state index in [-0.39, 0.29) is 12.8 Å². The lowest BCUT2D eigenvalue weighted by atomic mass is 10.0. The molecule has 1 saturated heterocycles. The van der Waals surface area contributed by atoms with E-state index in [1.54, 1.807) is 12.1 Å². The van der Waals surface area contributed by atoms with E-state index < -0.39 is 41.4 Å². The van der Waals surface area contributed by atoms with E-state index in [4.69, 9.17) is 4.74 Å². The van der Waals surface area contributed by atoms with Gasteiger partial charge in [0.15, 0.2) is 0 Å². The van der Waals surface area contributed by atoms with E-state index in [0.29, 0.717) is 30.8 Å². The summed E-state index contributed by atoms with van der Waals surface area (Å²) < 4.78 is 5.22. The Morgan fingerprint density at radius 2 is 1.70 bits per heavy atom. The SMILES string of the molecule is CC(C)(C)OC(=O)NCCCN1Cc2cc3c(cc2C1)C(=O)N(C1CCC(=O)NC1=O)C3=O. The molecule has 1 fully saturated rings. The first-order valence-electron chi connectivity index (χ1n) is 11.1. The van der Waals surface area contributed by atoms with Crippen molar-refractivity contribution < 1.29 is 28.7 Å². The van der Waals surface area contributed by atoms with Gasteiger partial charge in [0.05, 0.1) is 11.1 Å². The highest BCUT2D eigenvalue weighted by atomic mass is 16.6. The van der Waals surface area contributed by atoms with Crippen LogP contribution in [0.25, 0.3) is 0 Å². The second-order valence-corrected chi connectivity index (χ2v) is 9.61. The highest BCUT2D eigenvalue weighted by Gasteiger charge is 2.45. The highest BCUT2D eigenvalue weighted by Crippen LogP contribution is 2.33. The minimum absolute atomic E-state index is 0.0953. The summed E-state index contributed by atoms with van der Waals surface area (Å²) in [6.07, 6.45) is 0.522. The van der Waals surface area contributed by atoms with Gasteiger partial charge in [0.25, 0.3) is 11.8 Å². The Bertz CT molecular complexity index is 999. The molecule has 1 unspecified atom stereocenters. The Morgan fingerprint density at radius 3 is 2.24 bits per heavy atom. The van der Waals surface area contributed by atoms with Crippen molar-refractivity contribution in [2.24, 2.45) is 0 Å². The van der Waals surface area contributed by atoms with Crippen LogP contribution in [-0.4, -0.2) is 64.3 Å². The molecule has 3 heterocycles. The van der Waals surface area contributed by atoms with Crippen LogP contribution in [0.2, 0.25) is 0 Å². The zero-order chi connectivity index (χ0) is 23.9. The quantitative estimate of drug-likeness (QED) is 0.506. The molecule has 0 aromatic heterocycles. The lowest BCUT2D eigenvalue weighted by molar-refractivity contribution is -0.136. The van der Waals surface area contributed by atoms with Crippen LogP contribution in [0.3, 0.4) is 0 Å². The molecule has 0 spiro atoms. The Balaban J connectivity index is 1.35. The minimum Gasteiger partial charge on any atom is -0.444 e. The van der Waals surface area contributed by atoms with Crippen LogP contribution in [0.4, 0.5) is 4.79 Å². The van der Waals surface area contributed by atoms with Crippen LogP contribution in [0, 0.1) is 0 Å². The maximum absolute atomic E-state index is 13.0. The van der Waals surface area contributed by atoms with Crippen LogP contribution in [-0.2, 0) is 27.4 Å². The van der Waals surface area contributed by atoms with Gasteiger partial charge in [-0.15, -0.1) is 0 Å². The molecule has 0 bridgehead atoms. The fourth-order valence-corrected chi connectivity index (χ4v) is 4.40. The molecule has 5 amide bonds. The number of benzene rings is 1. The van der Waals surface area contributed by atoms with E-state index in [0.717, 1.165) is 29.0 Å². The molecular formula is C23H28N4O6. The van der Waals surface area contributed by atoms with Crippen molar-refractivity contribution in [3.8, 4) is 0 Å². The molecule has 0 radical (unpaired) electrons. The Labute approximate surface area is 191 Å². The zero-order valence-corrected chi connectivity index (χ0v) is 19.0. The van der Waals surface area contributed by atoms with Gasteiger partial charge in [-0.1, -0.05) is 0 Å². The first-order valence-corrected chi connectivity index (χ1v) is 11.1. The smallest absolute Gasteiger partial charge is 0.407 e. The van der Waals surface area contributed by atoms with Crippen molar-refractivity contribution in [3.63, 3.8) is 0 Å². The number of carbonyl (C=O) groups is 5. The number of nitrogens with one attached hydrogen (secondary N) is 2. The van der Waals surface area contributed by atoms with Gasteiger partial charge in [0.2, 0.25) is 11.8 Å². The van der Waals surface area contributed by atoms with Crippen molar-refractivity contribution in [2.45, 2.75) is 64.8 Å². The largest absolute Gasteiger partial charge is 0.444 e. The third kappa shape index (κ3) is 4.75. The molecule has 1 atom stereocenters. The summed E-state index contributed by atoms with van der Waals surface area (Å²) in [7, 11) is 0. The minimum atomic E-state index is -0.959. The van der Waals surface area contributed by atoms with E-state index in [9.17, 15) is 24.0 Å². The van der Waals surface area contributed by atoms with Crippen LogP contribution >= 0.6 is 0 Å². The Morgan fingerprint density at radius 1 is 1.09 bits per heavy atom. The van der Waals surface area contributed by atoms with Crippen molar-refractivity contribution in [1.82, 2.24) is 20.4 Å². The second-order valence-electron chi connectivity index (χ2n) is 9.61. The predicted molar refractivity (Wildman–Crippen MR) is 116 cm³/mol. The maximum Gasteiger partial charge on any atom is 0.407 e. The lowest BCUT2D eigenvalue weighted by Gasteiger charge is -2.27. The summed E-state index contributed by atoms with van der Waals surface area (Å²) in [5, 5.41) is 4.94. The topological polar surface area (TPSA) is 125 Å². The van der Waals surface area contributed by atoms with Crippen molar-refractivity contribution in [3.05, 3.63) is 34.4 Å². The average Bonchev–Trinajstić information content (AvgIpc) is 3.21. The number of hydrogen-bond acceptors (Lipinski definition) is 7. The molecule has 1 aromatic rings. The number of imide groups is 2. The summed E-state index contributed by atoms with van der Waals surface area (Å²) in [5.41, 5.74) is 2.01. The van der Waals surface area contributed by atoms with Gasteiger partial charge in [-0.05, 0) is 56.9 Å². The summed E-state index contributed by atoms with van der Waals surface area (Å²) in [6, 6.07) is 2.53. The number of amides is 5. The molecule has 3 aliphatic heterocycles. The average molecular weight is 456 g/mol. The summed E-state index contributed by atoms with van der Waals surface area (Å²) in [6.45, 7) is 7.92. The number of rotatable bonds is 5. The molecule has 10 nitrogen and oxygen atoms in total. The third-order valence-corrected chi connectivity index (χ3v) is 5.87. The van der Waals surface area contributed by atoms with E-state index in [1.807, 2.05) is 20.8 Å². The number of ether oxygens (including phenoxy) is 1. The van der Waals surface area contributed by atoms with E-state index in [2.05, 4.69) is 15.5 Å². The van der Waals surface area contributed by atoms with Gasteiger partial charge in [0, 0.05) is 32.6 Å². The summed E-state index contributed by atoms with van der Waals surface area (Å²) >= 11 is 0. The number of piperidine rings is 1. The number of fused-ring (bicyclic) bond motifs is 2. The second kappa shape index (κ2) is 8.58. The number of hydrogen-bond donors (Lipinski definition) is 2. The molecule has 10 heteroatoms. The summed E-state index contributed by atoms with van der Waals surface area (Å²) in [4.78, 5) is 64.4. The van der Waals surface area contributed by atoms with Crippen molar-refractivity contribution in [2.75, 3.05) is 13.1 Å². The van der Waals surface area contributed by atoms with Crippen molar-refractivity contribution >= 4 is 29.7 Å². The normalized spacial score (nSPS) is 20.6. The molecular weight excluding hydrogens is 428 g/mol. The molecule has 1 aromatic carbocycles. The standard InChI is InChI=1S/C23H28N4O6/c1-23(2,3)33-22(32)24-7-4-8-26-11-13-9-15-16(10-14(13)12-26)21(31)27(20(15)30)17-5-6-18(28)25-19(17)29/h9-10,17H,4-8,11-12H2,1-3H3,(H,24,32)(H,25,28,29). The van der Waals surface area contributed by atoms with Gasteiger partial charge in [-0.3, -0.25) is 34.3 Å². The molecule has 4 rings (SSSR count). The third-order valence-electron chi connectivity index (χ3n) is 5.87. The van der Waals surface area contributed by atoms with Gasteiger partial charge in [-0.25, -0.2) is 4.79 Å². The molecule has 0 saturated carbocycles. The van der Waals surface area contributed by atoms with Crippen LogP contribution in [0.5, 0.6) is 0 Å². The predicted octanol–water partition coefficient (Wildman–Crippen LogP) is 1.32. The van der Waals surface area contributed by atoms with Crippen LogP contribution in [0.1, 0.15) is 71.9 Å². The van der Waals surface area contributed by atoms with E-state index >= 15 is 0 Å². The van der Waals surface area contributed by atoms with Gasteiger partial charge < -0.3 is 10.1 Å². The number of alkyl carbamates (subject to hydrolysis) is 1. The van der Waals surface area contributed by atoms with E-state index in [1.165, 1.54) is 0 Å². The summed E-state index contributed by atoms with van der Waals surface area (Å²) in [5.74, 6) is -1.99. The highest BCUT2D eigenvalue weighted by molar-refractivity contribution is 6.23. The van der Waals surface area contributed by atoms with Gasteiger partial charge in [0.1, 0.15) is 11.6 Å². The Hall–Kier alpha value is -3.27. The lowest BCUT2D eigenvalue weighted by Crippen LogP contribution is -2.54. The molecule has 33 heavy (non-hydrogen) atoms. The Kier molecular flexibility index (Phi) is 5.96. The zero-order valence-electron chi connectivity index (χ0n) is 19.0. The first kappa shape index (κ1) is 22.9. The van der Waals surface area contributed by atoms with Crippen LogP contribution < -0.4 is 10.6 Å². The monoisotopic (exact) mass is 456 g/mol. The number of nitrogens with zero attached hydrogens (tertiary/aromatic N) is 2. The van der Waals surface area contributed by atoms with Crippen molar-refractivity contribution in [1.29, 1.82) is 0 Å². The maximum atomic E-state index is 13.0. The van der Waals surface area contributed by atoms with Gasteiger partial charge >= 0.3 is 6.09 Å². The fourth-order valence-electron chi connectivity index (χ4n) is 4.40. The first-order chi connectivity index (χ1) is 15.5.